The van der Waals surface area contributed by atoms with Crippen LogP contribution in [0.15, 0.2) is 77.4 Å². The van der Waals surface area contributed by atoms with Crippen LogP contribution >= 0.6 is 27.5 Å². The summed E-state index contributed by atoms with van der Waals surface area (Å²) in [6.45, 7) is 0. The van der Waals surface area contributed by atoms with Crippen molar-refractivity contribution in [2.75, 3.05) is 0 Å². The molecule has 5 heteroatoms. The molecule has 0 fully saturated rings. The maximum absolute atomic E-state index is 12.7. The van der Waals surface area contributed by atoms with Crippen molar-refractivity contribution in [3.05, 3.63) is 99.2 Å². The van der Waals surface area contributed by atoms with Crippen molar-refractivity contribution in [1.29, 1.82) is 0 Å². The predicted molar refractivity (Wildman–Crippen MR) is 99.1 cm³/mol. The Kier molecular flexibility index (Phi) is 5.28. The highest BCUT2D eigenvalue weighted by Gasteiger charge is 2.20. The summed E-state index contributed by atoms with van der Waals surface area (Å²) in [5, 5.41) is 3.56. The van der Waals surface area contributed by atoms with Gasteiger partial charge in [-0.2, -0.15) is 0 Å². The van der Waals surface area contributed by atoms with E-state index < -0.39 is 0 Å². The van der Waals surface area contributed by atoms with Gasteiger partial charge in [0.15, 0.2) is 0 Å². The minimum Gasteiger partial charge on any atom is -0.340 e. The van der Waals surface area contributed by atoms with Crippen molar-refractivity contribution in [2.24, 2.45) is 0 Å². The zero-order chi connectivity index (χ0) is 16.9. The molecule has 1 N–H and O–H groups in total. The van der Waals surface area contributed by atoms with Gasteiger partial charge in [0, 0.05) is 15.7 Å². The monoisotopic (exact) mass is 400 g/mol. The maximum atomic E-state index is 12.7. The molecule has 1 aromatic heterocycles. The largest absolute Gasteiger partial charge is 0.340 e. The van der Waals surface area contributed by atoms with Crippen LogP contribution in [0.5, 0.6) is 0 Å². The van der Waals surface area contributed by atoms with Crippen LogP contribution < -0.4 is 5.32 Å². The highest BCUT2D eigenvalue weighted by molar-refractivity contribution is 9.10. The number of nitrogens with one attached hydrogen (secondary N) is 1. The second-order valence-electron chi connectivity index (χ2n) is 5.20. The van der Waals surface area contributed by atoms with E-state index in [9.17, 15) is 4.79 Å². The molecule has 0 saturated carbocycles. The summed E-state index contributed by atoms with van der Waals surface area (Å²) in [5.41, 5.74) is 2.22. The number of benzene rings is 2. The third kappa shape index (κ3) is 3.83. The molecule has 120 valence electrons. The minimum absolute atomic E-state index is 0.219. The van der Waals surface area contributed by atoms with Crippen molar-refractivity contribution in [2.45, 2.75) is 6.04 Å². The fourth-order valence-electron chi connectivity index (χ4n) is 2.40. The van der Waals surface area contributed by atoms with Gasteiger partial charge in [0.05, 0.1) is 17.3 Å². The lowest BCUT2D eigenvalue weighted by atomic mass is 10.0. The molecule has 1 heterocycles. The van der Waals surface area contributed by atoms with Crippen LogP contribution in [0.2, 0.25) is 5.02 Å². The van der Waals surface area contributed by atoms with E-state index in [1.54, 1.807) is 24.4 Å². The van der Waals surface area contributed by atoms with Crippen molar-refractivity contribution >= 4 is 33.4 Å². The van der Waals surface area contributed by atoms with E-state index >= 15 is 0 Å². The number of carbonyl (C=O) groups is 1. The normalized spacial score (nSPS) is 11.8. The summed E-state index contributed by atoms with van der Waals surface area (Å²) in [7, 11) is 0. The molecular weight excluding hydrogens is 388 g/mol. The van der Waals surface area contributed by atoms with E-state index in [2.05, 4.69) is 26.2 Å². The SMILES string of the molecule is O=C(N[C@@H](c1ccccc1)c1ccccn1)c1cc(Cl)ccc1Br. The molecule has 3 rings (SSSR count). The first kappa shape index (κ1) is 16.7. The van der Waals surface area contributed by atoms with Crippen molar-refractivity contribution in [3.8, 4) is 0 Å². The highest BCUT2D eigenvalue weighted by Crippen LogP contribution is 2.24. The third-order valence-corrected chi connectivity index (χ3v) is 4.49. The van der Waals surface area contributed by atoms with Crippen molar-refractivity contribution in [1.82, 2.24) is 10.3 Å². The zero-order valence-electron chi connectivity index (χ0n) is 12.6. The van der Waals surface area contributed by atoms with Gasteiger partial charge in [-0.1, -0.05) is 48.0 Å². The first-order chi connectivity index (χ1) is 11.6. The van der Waals surface area contributed by atoms with Crippen LogP contribution in [0.3, 0.4) is 0 Å². The van der Waals surface area contributed by atoms with Gasteiger partial charge in [0.2, 0.25) is 0 Å². The summed E-state index contributed by atoms with van der Waals surface area (Å²) < 4.78 is 0.692. The molecule has 0 unspecified atom stereocenters. The second kappa shape index (κ2) is 7.60. The Morgan fingerprint density at radius 3 is 2.50 bits per heavy atom. The molecule has 1 atom stereocenters. The standard InChI is InChI=1S/C19H14BrClN2O/c20-16-10-9-14(21)12-15(16)19(24)23-18(13-6-2-1-3-7-13)17-8-4-5-11-22-17/h1-12,18H,(H,23,24)/t18-/m0/s1. The van der Waals surface area contributed by atoms with Crippen molar-refractivity contribution in [3.63, 3.8) is 0 Å². The van der Waals surface area contributed by atoms with E-state index in [1.807, 2.05) is 48.5 Å². The van der Waals surface area contributed by atoms with Gasteiger partial charge in [0.25, 0.3) is 5.91 Å². The number of rotatable bonds is 4. The second-order valence-corrected chi connectivity index (χ2v) is 6.49. The van der Waals surface area contributed by atoms with E-state index in [0.717, 1.165) is 11.3 Å². The number of aromatic nitrogens is 1. The van der Waals surface area contributed by atoms with Gasteiger partial charge in [-0.15, -0.1) is 0 Å². The van der Waals surface area contributed by atoms with Crippen LogP contribution in [0, 0.1) is 0 Å². The smallest absolute Gasteiger partial charge is 0.253 e. The lowest BCUT2D eigenvalue weighted by Gasteiger charge is -2.19. The number of halogens is 2. The summed E-state index contributed by atoms with van der Waals surface area (Å²) >= 11 is 9.42. The van der Waals surface area contributed by atoms with Gasteiger partial charge in [-0.25, -0.2) is 0 Å². The fraction of sp³-hybridized carbons (Fsp3) is 0.0526. The minimum atomic E-state index is -0.342. The number of carbonyl (C=O) groups excluding carboxylic acids is 1. The fourth-order valence-corrected chi connectivity index (χ4v) is 3.00. The van der Waals surface area contributed by atoms with Gasteiger partial charge in [-0.3, -0.25) is 9.78 Å². The molecule has 0 spiro atoms. The summed E-state index contributed by atoms with van der Waals surface area (Å²) in [4.78, 5) is 17.1. The summed E-state index contributed by atoms with van der Waals surface area (Å²) in [6.07, 6.45) is 1.72. The Labute approximate surface area is 153 Å². The quantitative estimate of drug-likeness (QED) is 0.667. The highest BCUT2D eigenvalue weighted by atomic mass is 79.9. The molecule has 3 nitrogen and oxygen atoms in total. The van der Waals surface area contributed by atoms with Crippen LogP contribution in [-0.4, -0.2) is 10.9 Å². The van der Waals surface area contributed by atoms with Crippen LogP contribution in [0.25, 0.3) is 0 Å². The summed E-state index contributed by atoms with van der Waals surface area (Å²) in [5.74, 6) is -0.219. The predicted octanol–water partition coefficient (Wildman–Crippen LogP) is 5.02. The molecule has 0 aliphatic rings. The van der Waals surface area contributed by atoms with E-state index in [4.69, 9.17) is 11.6 Å². The van der Waals surface area contributed by atoms with E-state index in [1.165, 1.54) is 0 Å². The number of hydrogen-bond donors (Lipinski definition) is 1. The number of nitrogens with zero attached hydrogens (tertiary/aromatic N) is 1. The Hall–Kier alpha value is -2.17. The lowest BCUT2D eigenvalue weighted by Crippen LogP contribution is -2.30. The van der Waals surface area contributed by atoms with Crippen LogP contribution in [-0.2, 0) is 0 Å². The van der Waals surface area contributed by atoms with Crippen molar-refractivity contribution < 1.29 is 4.79 Å². The van der Waals surface area contributed by atoms with Gasteiger partial charge in [0.1, 0.15) is 0 Å². The molecule has 1 amide bonds. The molecule has 0 bridgehead atoms. The molecule has 0 radical (unpaired) electrons. The van der Waals surface area contributed by atoms with Gasteiger partial charge in [-0.05, 0) is 51.8 Å². The average Bonchev–Trinajstić information content (AvgIpc) is 2.63. The maximum Gasteiger partial charge on any atom is 0.253 e. The topological polar surface area (TPSA) is 42.0 Å². The Balaban J connectivity index is 1.95. The number of pyridine rings is 1. The molecule has 2 aromatic carbocycles. The van der Waals surface area contributed by atoms with E-state index in [-0.39, 0.29) is 11.9 Å². The Morgan fingerprint density at radius 2 is 1.79 bits per heavy atom. The molecule has 3 aromatic rings. The average molecular weight is 402 g/mol. The molecule has 0 aliphatic carbocycles. The van der Waals surface area contributed by atoms with E-state index in [0.29, 0.717) is 15.1 Å². The lowest BCUT2D eigenvalue weighted by molar-refractivity contribution is 0.0941. The molecule has 0 saturated heterocycles. The van der Waals surface area contributed by atoms with Gasteiger partial charge < -0.3 is 5.32 Å². The van der Waals surface area contributed by atoms with Crippen LogP contribution in [0.4, 0.5) is 0 Å². The Bertz CT molecular complexity index is 801. The molecular formula is C19H14BrClN2O. The molecule has 0 aliphatic heterocycles. The first-order valence-corrected chi connectivity index (χ1v) is 8.54. The third-order valence-electron chi connectivity index (χ3n) is 3.56. The van der Waals surface area contributed by atoms with Gasteiger partial charge >= 0.3 is 0 Å². The van der Waals surface area contributed by atoms with Crippen LogP contribution in [0.1, 0.15) is 27.7 Å². The zero-order valence-corrected chi connectivity index (χ0v) is 15.0. The Morgan fingerprint density at radius 1 is 1.04 bits per heavy atom. The number of hydrogen-bond acceptors (Lipinski definition) is 2. The molecule has 24 heavy (non-hydrogen) atoms. The summed E-state index contributed by atoms with van der Waals surface area (Å²) in [6, 6.07) is 20.2. The first-order valence-electron chi connectivity index (χ1n) is 7.37. The number of amides is 1.